The SMILES string of the molecule is CCOCCCNC(=O)c1ccc(N2CCc3ccccc32)s1. The first-order valence-corrected chi connectivity index (χ1v) is 8.92. The van der Waals surface area contributed by atoms with Crippen LogP contribution in [-0.2, 0) is 11.2 Å². The quantitative estimate of drug-likeness (QED) is 0.789. The number of carbonyl (C=O) groups is 1. The number of amides is 1. The minimum Gasteiger partial charge on any atom is -0.382 e. The van der Waals surface area contributed by atoms with Crippen LogP contribution in [0.15, 0.2) is 36.4 Å². The van der Waals surface area contributed by atoms with E-state index in [1.165, 1.54) is 11.3 Å². The number of nitrogens with zero attached hydrogens (tertiary/aromatic N) is 1. The lowest BCUT2D eigenvalue weighted by atomic mass is 10.2. The van der Waals surface area contributed by atoms with Crippen LogP contribution in [0.5, 0.6) is 0 Å². The monoisotopic (exact) mass is 330 g/mol. The summed E-state index contributed by atoms with van der Waals surface area (Å²) in [5, 5.41) is 4.09. The number of anilines is 2. The number of nitrogens with one attached hydrogen (secondary N) is 1. The maximum Gasteiger partial charge on any atom is 0.261 e. The van der Waals surface area contributed by atoms with Crippen LogP contribution in [0, 0.1) is 0 Å². The molecule has 4 nitrogen and oxygen atoms in total. The van der Waals surface area contributed by atoms with E-state index in [-0.39, 0.29) is 5.91 Å². The van der Waals surface area contributed by atoms with E-state index in [1.54, 1.807) is 11.3 Å². The molecule has 1 aliphatic rings. The van der Waals surface area contributed by atoms with Crippen LogP contribution in [0.1, 0.15) is 28.6 Å². The molecule has 2 aromatic rings. The van der Waals surface area contributed by atoms with Crippen LogP contribution >= 0.6 is 11.3 Å². The molecule has 23 heavy (non-hydrogen) atoms. The fourth-order valence-corrected chi connectivity index (χ4v) is 3.73. The van der Waals surface area contributed by atoms with Crippen LogP contribution in [-0.4, -0.2) is 32.2 Å². The zero-order valence-electron chi connectivity index (χ0n) is 13.4. The molecule has 1 amide bonds. The second-order valence-corrected chi connectivity index (χ2v) is 6.54. The Morgan fingerprint density at radius 2 is 2.17 bits per heavy atom. The third kappa shape index (κ3) is 3.74. The van der Waals surface area contributed by atoms with Gasteiger partial charge in [-0.3, -0.25) is 4.79 Å². The normalized spacial score (nSPS) is 13.2. The molecular weight excluding hydrogens is 308 g/mol. The minimum atomic E-state index is 0.00484. The van der Waals surface area contributed by atoms with Crippen molar-refractivity contribution in [3.05, 3.63) is 46.8 Å². The Labute approximate surface area is 141 Å². The van der Waals surface area contributed by atoms with Gasteiger partial charge in [0.2, 0.25) is 0 Å². The zero-order valence-corrected chi connectivity index (χ0v) is 14.2. The maximum atomic E-state index is 12.2. The Kier molecular flexibility index (Phi) is 5.31. The van der Waals surface area contributed by atoms with Gasteiger partial charge in [0, 0.05) is 32.0 Å². The molecule has 0 saturated heterocycles. The third-order valence-corrected chi connectivity index (χ3v) is 5.03. The first kappa shape index (κ1) is 16.0. The van der Waals surface area contributed by atoms with Gasteiger partial charge in [-0.15, -0.1) is 11.3 Å². The highest BCUT2D eigenvalue weighted by Crippen LogP contribution is 2.37. The Hall–Kier alpha value is -1.85. The molecular formula is C18H22N2O2S. The van der Waals surface area contributed by atoms with Crippen molar-refractivity contribution in [2.75, 3.05) is 31.2 Å². The van der Waals surface area contributed by atoms with Gasteiger partial charge in [-0.25, -0.2) is 0 Å². The summed E-state index contributed by atoms with van der Waals surface area (Å²) in [4.78, 5) is 15.3. The van der Waals surface area contributed by atoms with E-state index in [0.717, 1.165) is 35.9 Å². The number of ether oxygens (including phenoxy) is 1. The maximum absolute atomic E-state index is 12.2. The van der Waals surface area contributed by atoms with Crippen molar-refractivity contribution in [2.45, 2.75) is 19.8 Å². The molecule has 0 saturated carbocycles. The molecule has 1 N–H and O–H groups in total. The summed E-state index contributed by atoms with van der Waals surface area (Å²) in [6.45, 7) is 5.02. The number of hydrogen-bond acceptors (Lipinski definition) is 4. The standard InChI is InChI=1S/C18H22N2O2S/c1-2-22-13-5-11-19-18(21)16-8-9-17(23-16)20-12-10-14-6-3-4-7-15(14)20/h3-4,6-9H,2,5,10-13H2,1H3,(H,19,21). The van der Waals surface area contributed by atoms with Crippen molar-refractivity contribution in [1.82, 2.24) is 5.32 Å². The molecule has 1 aliphatic heterocycles. The van der Waals surface area contributed by atoms with Crippen LogP contribution in [0.25, 0.3) is 0 Å². The van der Waals surface area contributed by atoms with Gasteiger partial charge in [-0.2, -0.15) is 0 Å². The van der Waals surface area contributed by atoms with Gasteiger partial charge in [0.25, 0.3) is 5.91 Å². The van der Waals surface area contributed by atoms with Crippen molar-refractivity contribution in [3.63, 3.8) is 0 Å². The summed E-state index contributed by atoms with van der Waals surface area (Å²) >= 11 is 1.55. The molecule has 0 fully saturated rings. The van der Waals surface area contributed by atoms with Gasteiger partial charge in [-0.05, 0) is 43.5 Å². The largest absolute Gasteiger partial charge is 0.382 e. The molecule has 0 bridgehead atoms. The Balaban J connectivity index is 1.59. The topological polar surface area (TPSA) is 41.6 Å². The highest BCUT2D eigenvalue weighted by atomic mass is 32.1. The number of carbonyl (C=O) groups excluding carboxylic acids is 1. The summed E-state index contributed by atoms with van der Waals surface area (Å²) < 4.78 is 5.27. The molecule has 1 aromatic carbocycles. The average molecular weight is 330 g/mol. The second-order valence-electron chi connectivity index (χ2n) is 5.47. The Morgan fingerprint density at radius 1 is 1.30 bits per heavy atom. The zero-order chi connectivity index (χ0) is 16.1. The van der Waals surface area contributed by atoms with Crippen molar-refractivity contribution >= 4 is 27.9 Å². The highest BCUT2D eigenvalue weighted by Gasteiger charge is 2.21. The van der Waals surface area contributed by atoms with E-state index >= 15 is 0 Å². The lowest BCUT2D eigenvalue weighted by Gasteiger charge is -2.16. The fourth-order valence-electron chi connectivity index (χ4n) is 2.77. The molecule has 0 aliphatic carbocycles. The molecule has 2 heterocycles. The first-order chi connectivity index (χ1) is 11.3. The number of hydrogen-bond donors (Lipinski definition) is 1. The van der Waals surface area contributed by atoms with Crippen molar-refractivity contribution in [2.24, 2.45) is 0 Å². The average Bonchev–Trinajstić information content (AvgIpc) is 3.21. The number of fused-ring (bicyclic) bond motifs is 1. The molecule has 0 radical (unpaired) electrons. The summed E-state index contributed by atoms with van der Waals surface area (Å²) in [7, 11) is 0. The van der Waals surface area contributed by atoms with Crippen molar-refractivity contribution in [1.29, 1.82) is 0 Å². The molecule has 0 atom stereocenters. The molecule has 5 heteroatoms. The Bertz CT molecular complexity index is 669. The lowest BCUT2D eigenvalue weighted by Crippen LogP contribution is -2.24. The summed E-state index contributed by atoms with van der Waals surface area (Å²) in [5.41, 5.74) is 2.64. The van der Waals surface area contributed by atoms with Crippen LogP contribution in [0.3, 0.4) is 0 Å². The van der Waals surface area contributed by atoms with E-state index in [4.69, 9.17) is 4.74 Å². The van der Waals surface area contributed by atoms with Gasteiger partial charge >= 0.3 is 0 Å². The van der Waals surface area contributed by atoms with Gasteiger partial charge in [0.1, 0.15) is 0 Å². The molecule has 122 valence electrons. The second kappa shape index (κ2) is 7.62. The van der Waals surface area contributed by atoms with E-state index in [1.807, 2.05) is 19.1 Å². The van der Waals surface area contributed by atoms with Crippen LogP contribution in [0.2, 0.25) is 0 Å². The molecule has 0 unspecified atom stereocenters. The molecule has 3 rings (SSSR count). The van der Waals surface area contributed by atoms with Crippen molar-refractivity contribution < 1.29 is 9.53 Å². The lowest BCUT2D eigenvalue weighted by molar-refractivity contribution is 0.0948. The van der Waals surface area contributed by atoms with E-state index in [0.29, 0.717) is 13.2 Å². The number of rotatable bonds is 7. The van der Waals surface area contributed by atoms with Gasteiger partial charge < -0.3 is 15.0 Å². The Morgan fingerprint density at radius 3 is 3.04 bits per heavy atom. The summed E-state index contributed by atoms with van der Waals surface area (Å²) in [6.07, 6.45) is 1.91. The first-order valence-electron chi connectivity index (χ1n) is 8.11. The van der Waals surface area contributed by atoms with E-state index < -0.39 is 0 Å². The predicted molar refractivity (Wildman–Crippen MR) is 94.9 cm³/mol. The number of thiophene rings is 1. The fraction of sp³-hybridized carbons (Fsp3) is 0.389. The van der Waals surface area contributed by atoms with Crippen molar-refractivity contribution in [3.8, 4) is 0 Å². The summed E-state index contributed by atoms with van der Waals surface area (Å²) in [6, 6.07) is 12.4. The van der Waals surface area contributed by atoms with Gasteiger partial charge in [-0.1, -0.05) is 18.2 Å². The van der Waals surface area contributed by atoms with Crippen LogP contribution < -0.4 is 10.2 Å². The van der Waals surface area contributed by atoms with Crippen LogP contribution in [0.4, 0.5) is 10.7 Å². The van der Waals surface area contributed by atoms with Gasteiger partial charge in [0.15, 0.2) is 0 Å². The number of benzene rings is 1. The van der Waals surface area contributed by atoms with E-state index in [2.05, 4.69) is 34.5 Å². The minimum absolute atomic E-state index is 0.00484. The molecule has 0 spiro atoms. The summed E-state index contributed by atoms with van der Waals surface area (Å²) in [5.74, 6) is 0.00484. The number of para-hydroxylation sites is 1. The third-order valence-electron chi connectivity index (χ3n) is 3.92. The molecule has 1 aromatic heterocycles. The van der Waals surface area contributed by atoms with Gasteiger partial charge in [0.05, 0.1) is 9.88 Å². The van der Waals surface area contributed by atoms with E-state index in [9.17, 15) is 4.79 Å². The smallest absolute Gasteiger partial charge is 0.261 e. The predicted octanol–water partition coefficient (Wildman–Crippen LogP) is 3.60. The highest BCUT2D eigenvalue weighted by molar-refractivity contribution is 7.18.